The number of anilines is 1. The van der Waals surface area contributed by atoms with Gasteiger partial charge < -0.3 is 19.2 Å². The lowest BCUT2D eigenvalue weighted by Crippen LogP contribution is -2.28. The predicted molar refractivity (Wildman–Crippen MR) is 137 cm³/mol. The number of carbonyl (C=O) groups excluding carboxylic acids is 1. The second-order valence-electron chi connectivity index (χ2n) is 8.56. The van der Waals surface area contributed by atoms with Crippen molar-refractivity contribution in [3.8, 4) is 39.0 Å². The molecule has 0 bridgehead atoms. The molecular weight excluding hydrogens is 555 g/mol. The average molecular weight is 578 g/mol. The van der Waals surface area contributed by atoms with E-state index in [0.29, 0.717) is 49.3 Å². The van der Waals surface area contributed by atoms with Gasteiger partial charge in [-0.15, -0.1) is 16.4 Å². The fraction of sp³-hybridized carbons (Fsp3) is 0.333. The number of nitrogens with one attached hydrogen (secondary N) is 3. The number of alkyl halides is 3. The summed E-state index contributed by atoms with van der Waals surface area (Å²) in [6, 6.07) is 2.46. The molecule has 1 saturated heterocycles. The van der Waals surface area contributed by atoms with Crippen LogP contribution in [-0.4, -0.2) is 57.0 Å². The number of aromatic amines is 1. The lowest BCUT2D eigenvalue weighted by atomic mass is 10.0. The van der Waals surface area contributed by atoms with Crippen LogP contribution in [0.3, 0.4) is 0 Å². The van der Waals surface area contributed by atoms with Crippen LogP contribution < -0.4 is 21.1 Å². The molecule has 0 unspecified atom stereocenters. The van der Waals surface area contributed by atoms with Crippen molar-refractivity contribution in [2.45, 2.75) is 32.0 Å². The minimum absolute atomic E-state index is 0.0254. The van der Waals surface area contributed by atoms with Gasteiger partial charge in [0.2, 0.25) is 5.88 Å². The molecule has 40 heavy (non-hydrogen) atoms. The Bertz CT molecular complexity index is 1560. The van der Waals surface area contributed by atoms with Gasteiger partial charge in [0.05, 0.1) is 18.8 Å². The van der Waals surface area contributed by atoms with Crippen molar-refractivity contribution in [3.63, 3.8) is 0 Å². The molecule has 0 aliphatic carbocycles. The van der Waals surface area contributed by atoms with E-state index in [2.05, 4.69) is 35.8 Å². The van der Waals surface area contributed by atoms with Crippen molar-refractivity contribution >= 4 is 23.2 Å². The number of hydrogen-bond donors (Lipinski definition) is 3. The number of pyridine rings is 2. The van der Waals surface area contributed by atoms with Gasteiger partial charge in [-0.3, -0.25) is 5.32 Å². The highest BCUT2D eigenvalue weighted by atomic mass is 32.1. The number of thiazole rings is 1. The van der Waals surface area contributed by atoms with Gasteiger partial charge >= 0.3 is 18.0 Å². The van der Waals surface area contributed by atoms with Crippen molar-refractivity contribution in [3.05, 3.63) is 46.2 Å². The molecule has 0 atom stereocenters. The lowest BCUT2D eigenvalue weighted by Gasteiger charge is -2.24. The highest BCUT2D eigenvalue weighted by Crippen LogP contribution is 2.42. The van der Waals surface area contributed by atoms with Crippen LogP contribution in [-0.2, 0) is 10.9 Å². The van der Waals surface area contributed by atoms with Crippen LogP contribution >= 0.6 is 11.3 Å². The summed E-state index contributed by atoms with van der Waals surface area (Å²) in [4.78, 5) is 36.2. The van der Waals surface area contributed by atoms with E-state index in [4.69, 9.17) is 13.9 Å². The molecule has 0 spiro atoms. The Morgan fingerprint density at radius 3 is 2.65 bits per heavy atom. The second kappa shape index (κ2) is 11.4. The van der Waals surface area contributed by atoms with E-state index >= 15 is 0 Å². The van der Waals surface area contributed by atoms with E-state index in [-0.39, 0.29) is 34.3 Å². The predicted octanol–water partition coefficient (Wildman–Crippen LogP) is 4.33. The number of halogens is 3. The highest BCUT2D eigenvalue weighted by molar-refractivity contribution is 7.13. The van der Waals surface area contributed by atoms with Crippen LogP contribution in [0.1, 0.15) is 25.5 Å². The molecule has 0 saturated carbocycles. The zero-order chi connectivity index (χ0) is 28.3. The third kappa shape index (κ3) is 6.12. The summed E-state index contributed by atoms with van der Waals surface area (Å²) in [5.74, 6) is -0.560. The van der Waals surface area contributed by atoms with Crippen LogP contribution in [0.15, 0.2) is 39.1 Å². The third-order valence-corrected chi connectivity index (χ3v) is 6.66. The first-order chi connectivity index (χ1) is 19.2. The molecule has 12 nitrogen and oxygen atoms in total. The first kappa shape index (κ1) is 27.3. The zero-order valence-corrected chi connectivity index (χ0v) is 21.7. The maximum Gasteiger partial charge on any atom is 0.434 e. The Balaban J connectivity index is 1.65. The number of rotatable bonds is 7. The smallest absolute Gasteiger partial charge is 0.434 e. The van der Waals surface area contributed by atoms with E-state index < -0.39 is 23.7 Å². The van der Waals surface area contributed by atoms with E-state index in [1.54, 1.807) is 13.0 Å². The number of ether oxygens (including phenoxy) is 2. The Morgan fingerprint density at radius 1 is 1.18 bits per heavy atom. The summed E-state index contributed by atoms with van der Waals surface area (Å²) < 4.78 is 56.9. The van der Waals surface area contributed by atoms with Crippen LogP contribution in [0.4, 0.5) is 23.8 Å². The molecular formula is C24H22F3N7O5S. The van der Waals surface area contributed by atoms with E-state index in [1.165, 1.54) is 18.5 Å². The fourth-order valence-electron chi connectivity index (χ4n) is 3.93. The minimum atomic E-state index is -4.65. The van der Waals surface area contributed by atoms with Crippen LogP contribution in [0, 0.1) is 0 Å². The van der Waals surface area contributed by atoms with Crippen molar-refractivity contribution < 1.29 is 31.9 Å². The van der Waals surface area contributed by atoms with Gasteiger partial charge in [-0.05, 0) is 19.1 Å². The number of hydrogen-bond acceptors (Lipinski definition) is 10. The summed E-state index contributed by atoms with van der Waals surface area (Å²) >= 11 is 0.779. The molecule has 5 heterocycles. The maximum absolute atomic E-state index is 13.4. The Hall–Kier alpha value is -4.31. The van der Waals surface area contributed by atoms with Gasteiger partial charge in [0, 0.05) is 53.9 Å². The topological polar surface area (TPSA) is 157 Å². The van der Waals surface area contributed by atoms with Crippen molar-refractivity contribution in [1.29, 1.82) is 0 Å². The van der Waals surface area contributed by atoms with Crippen molar-refractivity contribution in [2.24, 2.45) is 0 Å². The number of nitrogens with zero attached hydrogens (tertiary/aromatic N) is 4. The van der Waals surface area contributed by atoms with Gasteiger partial charge in [-0.1, -0.05) is 0 Å². The van der Waals surface area contributed by atoms with Gasteiger partial charge in [-0.25, -0.2) is 29.6 Å². The van der Waals surface area contributed by atoms with Gasteiger partial charge in [0.25, 0.3) is 5.89 Å². The van der Waals surface area contributed by atoms with E-state index in [0.717, 1.165) is 16.7 Å². The van der Waals surface area contributed by atoms with Crippen LogP contribution in [0.2, 0.25) is 0 Å². The molecule has 0 aromatic carbocycles. The number of amides is 2. The number of aromatic nitrogens is 5. The second-order valence-corrected chi connectivity index (χ2v) is 9.42. The molecule has 210 valence electrons. The van der Waals surface area contributed by atoms with E-state index in [9.17, 15) is 22.8 Å². The van der Waals surface area contributed by atoms with Crippen LogP contribution in [0.5, 0.6) is 5.88 Å². The summed E-state index contributed by atoms with van der Waals surface area (Å²) in [6.45, 7) is 3.09. The zero-order valence-electron chi connectivity index (χ0n) is 20.9. The Morgan fingerprint density at radius 2 is 1.98 bits per heavy atom. The molecule has 2 amide bonds. The highest BCUT2D eigenvalue weighted by Gasteiger charge is 2.34. The Labute approximate surface area is 228 Å². The first-order valence-corrected chi connectivity index (χ1v) is 13.0. The SMILES string of the molecule is CCNC(=O)Nc1cc(-c2nc(C(F)(F)F)cs2)c(-c2cc(-c3n[nH]c(=O)o3)cnc2OC2CCOCC2)cn1. The van der Waals surface area contributed by atoms with Gasteiger partial charge in [-0.2, -0.15) is 13.2 Å². The molecule has 4 aromatic rings. The Kier molecular flexibility index (Phi) is 7.79. The lowest BCUT2D eigenvalue weighted by molar-refractivity contribution is -0.140. The summed E-state index contributed by atoms with van der Waals surface area (Å²) in [5.41, 5.74) is 0.140. The largest absolute Gasteiger partial charge is 0.474 e. The third-order valence-electron chi connectivity index (χ3n) is 5.78. The number of carbonyl (C=O) groups is 1. The van der Waals surface area contributed by atoms with Gasteiger partial charge in [0.15, 0.2) is 5.69 Å². The standard InChI is InChI=1S/C24H22F3N7O5S/c1-2-28-22(35)32-18-8-15(21-31-17(11-40-21)24(25,26)27)16(10-29-18)14-7-12(19-33-34-23(36)39-19)9-30-20(14)38-13-3-5-37-6-4-13/h7-11,13H,2-6H2,1H3,(H,34,36)(H2,28,29,32,35). The fourth-order valence-corrected chi connectivity index (χ4v) is 4.78. The summed E-state index contributed by atoms with van der Waals surface area (Å²) in [7, 11) is 0. The molecule has 3 N–H and O–H groups in total. The molecule has 1 aliphatic rings. The summed E-state index contributed by atoms with van der Waals surface area (Å²) in [5, 5.41) is 12.1. The minimum Gasteiger partial charge on any atom is -0.474 e. The number of urea groups is 1. The first-order valence-electron chi connectivity index (χ1n) is 12.1. The maximum atomic E-state index is 13.4. The summed E-state index contributed by atoms with van der Waals surface area (Å²) in [6.07, 6.45) is -0.871. The quantitative estimate of drug-likeness (QED) is 0.291. The van der Waals surface area contributed by atoms with Gasteiger partial charge in [0.1, 0.15) is 16.9 Å². The molecule has 1 fully saturated rings. The molecule has 16 heteroatoms. The molecule has 1 aliphatic heterocycles. The molecule has 5 rings (SSSR count). The van der Waals surface area contributed by atoms with Crippen molar-refractivity contribution in [2.75, 3.05) is 25.1 Å². The monoisotopic (exact) mass is 577 g/mol. The van der Waals surface area contributed by atoms with E-state index in [1.807, 2.05) is 0 Å². The molecule has 4 aromatic heterocycles. The number of H-pyrrole nitrogens is 1. The van der Waals surface area contributed by atoms with Crippen molar-refractivity contribution in [1.82, 2.24) is 30.5 Å². The van der Waals surface area contributed by atoms with Crippen LogP contribution in [0.25, 0.3) is 33.2 Å². The average Bonchev–Trinajstić information content (AvgIpc) is 3.60. The normalized spacial score (nSPS) is 14.2. The molecule has 0 radical (unpaired) electrons.